The van der Waals surface area contributed by atoms with Crippen LogP contribution in [0.5, 0.6) is 0 Å². The fourth-order valence-corrected chi connectivity index (χ4v) is 13.5. The van der Waals surface area contributed by atoms with Gasteiger partial charge in [-0.2, -0.15) is 0 Å². The molecule has 3 saturated heterocycles. The van der Waals surface area contributed by atoms with E-state index in [-0.39, 0.29) is 31.1 Å². The lowest BCUT2D eigenvalue weighted by Crippen LogP contribution is -2.62. The van der Waals surface area contributed by atoms with Crippen molar-refractivity contribution in [3.63, 3.8) is 0 Å². The summed E-state index contributed by atoms with van der Waals surface area (Å²) in [6.07, 6.45) is -6.81. The van der Waals surface area contributed by atoms with Gasteiger partial charge in [-0.3, -0.25) is 14.6 Å². The van der Waals surface area contributed by atoms with Crippen LogP contribution in [-0.2, 0) is 49.2 Å². The van der Waals surface area contributed by atoms with Crippen molar-refractivity contribution in [3.8, 4) is 0 Å². The Labute approximate surface area is 453 Å². The van der Waals surface area contributed by atoms with Crippen molar-refractivity contribution < 1.29 is 67.6 Å². The topological polar surface area (TPSA) is 252 Å². The molecule has 4 aliphatic heterocycles. The molecule has 3 fully saturated rings. The fraction of sp³-hybridized carbons (Fsp3) is 0.800. The van der Waals surface area contributed by atoms with E-state index in [2.05, 4.69) is 10.3 Å². The Morgan fingerprint density at radius 1 is 0.961 bits per heavy atom. The number of hydrogen-bond acceptors (Lipinski definition) is 19. The van der Waals surface area contributed by atoms with Crippen molar-refractivity contribution in [2.24, 2.45) is 40.3 Å². The lowest BCUT2D eigenvalue weighted by molar-refractivity contribution is -0.305. The van der Waals surface area contributed by atoms with E-state index in [0.717, 1.165) is 21.9 Å². The summed E-state index contributed by atoms with van der Waals surface area (Å²) in [4.78, 5) is 35.7. The smallest absolute Gasteiger partial charge is 0.309 e. The number of aromatic nitrogens is 3. The quantitative estimate of drug-likeness (QED) is 0.135. The Hall–Kier alpha value is -3.03. The zero-order valence-electron chi connectivity index (χ0n) is 47.2. The summed E-state index contributed by atoms with van der Waals surface area (Å²) < 4.78 is 61.1. The van der Waals surface area contributed by atoms with Crippen molar-refractivity contribution in [3.05, 3.63) is 47.3 Å². The van der Waals surface area contributed by atoms with Gasteiger partial charge in [0.25, 0.3) is 0 Å². The number of aliphatic hydroxyl groups is 4. The summed E-state index contributed by atoms with van der Waals surface area (Å²) in [5.41, 5.74) is 3.80. The van der Waals surface area contributed by atoms with Crippen LogP contribution in [-0.4, -0.2) is 195 Å². The van der Waals surface area contributed by atoms with E-state index in [9.17, 15) is 34.4 Å². The van der Waals surface area contributed by atoms with E-state index in [1.807, 2.05) is 57.0 Å². The van der Waals surface area contributed by atoms with E-state index >= 15 is 0 Å². The fourth-order valence-electron chi connectivity index (χ4n) is 12.4. The number of rotatable bonds is 17. The van der Waals surface area contributed by atoms with Crippen LogP contribution >= 0.6 is 11.8 Å². The lowest BCUT2D eigenvalue weighted by Gasteiger charge is -2.52. The minimum atomic E-state index is -2.00. The molecule has 5 heterocycles. The number of methoxy groups -OCH3 is 3. The Balaban J connectivity index is 1.27. The number of carbonyl (C=O) groups excluding carboxylic acids is 2. The number of benzene rings is 1. The van der Waals surface area contributed by atoms with E-state index < -0.39 is 132 Å². The largest absolute Gasteiger partial charge is 0.459 e. The number of halogens is 1. The number of nitrogens with two attached hydrogens (primary N) is 1. The van der Waals surface area contributed by atoms with E-state index in [1.54, 1.807) is 66.6 Å². The maximum Gasteiger partial charge on any atom is 0.309 e. The van der Waals surface area contributed by atoms with Crippen LogP contribution in [0, 0.1) is 29.6 Å². The molecular formula is C55H89FN6O13S. The Morgan fingerprint density at radius 2 is 1.63 bits per heavy atom. The van der Waals surface area contributed by atoms with Crippen molar-refractivity contribution in [1.29, 1.82) is 0 Å². The van der Waals surface area contributed by atoms with Crippen LogP contribution in [0.3, 0.4) is 0 Å². The summed E-state index contributed by atoms with van der Waals surface area (Å²) in [5, 5.41) is 57.0. The standard InChI is InChI=1S/C55H89FN6O13S/c1-15-42-55(10,68)47(65)33(6)44(63)29(2)23-54(9,71-14)49(31(4)43(32(5)51(67)74-42)41-24-53(8,70-13)48(66)34(7)73-41)75-52-45(64)39(22-30(3)72-52)61(11)21-20-37-27-62(60-59-37)40(25-56)46(69-12)35-16-18-36(19-17-35)50-58-38(26-57)28-76-50/h16-19,27,29-34,38-43,45-49,52,64-66,68H,15,20-26,28,57H2,1-14H3/t29-,30-,31+,32-,33+,34+,38-,39+,40-,41?,42-,43+,45-,46-,47-,48+,49-,52+,53-,54-,55-/m1/s1. The van der Waals surface area contributed by atoms with Gasteiger partial charge in [0.05, 0.1) is 64.4 Å². The second-order valence-corrected chi connectivity index (χ2v) is 23.8. The van der Waals surface area contributed by atoms with Gasteiger partial charge in [-0.25, -0.2) is 9.07 Å². The molecule has 2 aromatic rings. The molecule has 0 saturated carbocycles. The summed E-state index contributed by atoms with van der Waals surface area (Å²) in [6, 6.07) is 6.57. The number of esters is 1. The molecule has 21 atom stereocenters. The number of cyclic esters (lactones) is 1. The molecule has 0 spiro atoms. The first kappa shape index (κ1) is 62.2. The minimum absolute atomic E-state index is 0.0736. The van der Waals surface area contributed by atoms with Gasteiger partial charge in [0.1, 0.15) is 48.5 Å². The van der Waals surface area contributed by atoms with Gasteiger partial charge in [0, 0.05) is 88.6 Å². The number of aliphatic imine (C=N–C) groups is 1. The molecule has 0 radical (unpaired) electrons. The first-order chi connectivity index (χ1) is 35.8. The van der Waals surface area contributed by atoms with Crippen molar-refractivity contribution in [2.45, 2.75) is 197 Å². The highest BCUT2D eigenvalue weighted by Crippen LogP contribution is 2.46. The number of ketones is 1. The van der Waals surface area contributed by atoms with Crippen LogP contribution in [0.1, 0.15) is 124 Å². The van der Waals surface area contributed by atoms with Crippen LogP contribution in [0.15, 0.2) is 35.5 Å². The second kappa shape index (κ2) is 26.0. The Kier molecular flexibility index (Phi) is 21.3. The average Bonchev–Trinajstić information content (AvgIpc) is 4.09. The highest BCUT2D eigenvalue weighted by molar-refractivity contribution is 8.14. The predicted molar refractivity (Wildman–Crippen MR) is 285 cm³/mol. The molecule has 0 bridgehead atoms. The Morgan fingerprint density at radius 3 is 2.22 bits per heavy atom. The number of aliphatic hydroxyl groups excluding tert-OH is 3. The van der Waals surface area contributed by atoms with Gasteiger partial charge in [-0.05, 0) is 72.4 Å². The maximum absolute atomic E-state index is 15.0. The number of Topliss-reactive ketones (excluding diaryl/α,β-unsaturated/α-hetero) is 1. The molecule has 1 aromatic heterocycles. The third kappa shape index (κ3) is 13.2. The van der Waals surface area contributed by atoms with Gasteiger partial charge in [-0.15, -0.1) is 16.9 Å². The van der Waals surface area contributed by atoms with Crippen molar-refractivity contribution in [2.75, 3.05) is 53.9 Å². The number of likely N-dealkylation sites (N-methyl/N-ethyl adjacent to an activating group) is 1. The van der Waals surface area contributed by atoms with E-state index in [1.165, 1.54) is 25.8 Å². The molecule has 1 unspecified atom stereocenters. The summed E-state index contributed by atoms with van der Waals surface area (Å²) >= 11 is 1.67. The Bertz CT molecular complexity index is 2250. The monoisotopic (exact) mass is 1090 g/mol. The predicted octanol–water partition coefficient (Wildman–Crippen LogP) is 4.64. The molecule has 4 aliphatic rings. The number of carbonyl (C=O) groups is 2. The van der Waals surface area contributed by atoms with Crippen molar-refractivity contribution >= 4 is 28.6 Å². The third-order valence-corrected chi connectivity index (χ3v) is 18.5. The molecule has 6 N–H and O–H groups in total. The van der Waals surface area contributed by atoms with E-state index in [0.29, 0.717) is 31.6 Å². The average molecular weight is 1090 g/mol. The van der Waals surface area contributed by atoms with Gasteiger partial charge in [0.15, 0.2) is 6.29 Å². The zero-order valence-corrected chi connectivity index (χ0v) is 48.0. The van der Waals surface area contributed by atoms with E-state index in [4.69, 9.17) is 43.9 Å². The van der Waals surface area contributed by atoms with Crippen molar-refractivity contribution in [1.82, 2.24) is 19.9 Å². The van der Waals surface area contributed by atoms with Crippen LogP contribution in [0.2, 0.25) is 0 Å². The second-order valence-electron chi connectivity index (χ2n) is 22.8. The van der Waals surface area contributed by atoms with Gasteiger partial charge in [-0.1, -0.05) is 64.1 Å². The highest BCUT2D eigenvalue weighted by Gasteiger charge is 2.56. The summed E-state index contributed by atoms with van der Waals surface area (Å²) in [6.45, 7) is 17.5. The number of nitrogens with zero attached hydrogens (tertiary/aromatic N) is 5. The molecule has 430 valence electrons. The van der Waals surface area contributed by atoms with Crippen LogP contribution < -0.4 is 5.73 Å². The molecular weight excluding hydrogens is 1000 g/mol. The molecule has 76 heavy (non-hydrogen) atoms. The van der Waals surface area contributed by atoms with Crippen LogP contribution in [0.25, 0.3) is 0 Å². The molecule has 6 rings (SSSR count). The number of alkyl halides is 1. The molecule has 21 heteroatoms. The summed E-state index contributed by atoms with van der Waals surface area (Å²) in [5.74, 6) is -4.37. The zero-order chi connectivity index (χ0) is 56.2. The molecule has 19 nitrogen and oxygen atoms in total. The highest BCUT2D eigenvalue weighted by atomic mass is 32.2. The molecule has 1 aromatic carbocycles. The van der Waals surface area contributed by atoms with Gasteiger partial charge < -0.3 is 64.2 Å². The third-order valence-electron chi connectivity index (χ3n) is 17.4. The number of hydrogen-bond donors (Lipinski definition) is 5. The van der Waals surface area contributed by atoms with Gasteiger partial charge in [0.2, 0.25) is 0 Å². The SMILES string of the molecule is CC[C@H]1OC(=O)[C@H](C)[C@@H](C2C[C@@](C)(OC)[C@@H](O)[C@H](C)O2)[C@H](C)[C@@H](O[C@@H]2O[C@H](C)C[C@H](N(C)CCc3cn([C@H](CF)[C@H](OC)c4ccc(C5=N[C@H](CN)CS5)cc4)nn3)[C@H]2O)[C@](C)(OC)C[C@@H](C)C(=O)[C@H](C)[C@@H](O)[C@]1(C)O. The first-order valence-corrected chi connectivity index (χ1v) is 28.1. The number of thioether (sulfide) groups is 1. The van der Waals surface area contributed by atoms with Gasteiger partial charge >= 0.3 is 5.97 Å². The maximum atomic E-state index is 15.0. The first-order valence-electron chi connectivity index (χ1n) is 27.1. The summed E-state index contributed by atoms with van der Waals surface area (Å²) in [7, 11) is 6.47. The normalized spacial score (nSPS) is 40.1. The lowest BCUT2D eigenvalue weighted by atomic mass is 9.67. The van der Waals surface area contributed by atoms with Crippen LogP contribution in [0.4, 0.5) is 4.39 Å². The molecule has 0 amide bonds. The number of ether oxygens (including phenoxy) is 7. The molecule has 0 aliphatic carbocycles. The minimum Gasteiger partial charge on any atom is -0.459 e.